The van der Waals surface area contributed by atoms with Gasteiger partial charge in [0.1, 0.15) is 0 Å². The molecule has 0 saturated carbocycles. The zero-order valence-corrected chi connectivity index (χ0v) is 8.11. The molecule has 0 aliphatic heterocycles. The third kappa shape index (κ3) is 1.24. The van der Waals surface area contributed by atoms with Gasteiger partial charge in [-0.3, -0.25) is 0 Å². The van der Waals surface area contributed by atoms with Crippen LogP contribution in [-0.4, -0.2) is 20.4 Å². The van der Waals surface area contributed by atoms with E-state index in [1.54, 1.807) is 0 Å². The van der Waals surface area contributed by atoms with E-state index in [1.165, 1.54) is 0 Å². The first kappa shape index (κ1) is 7.09. The first-order valence-electron chi connectivity index (χ1n) is 3.34. The predicted octanol–water partition coefficient (Wildman–Crippen LogP) is 1.26. The van der Waals surface area contributed by atoms with Gasteiger partial charge in [0, 0.05) is 0 Å². The normalized spacial score (nSPS) is 10.2. The van der Waals surface area contributed by atoms with Crippen LogP contribution in [0, 0.1) is 0 Å². The Kier molecular flexibility index (Phi) is 1.81. The van der Waals surface area contributed by atoms with E-state index >= 15 is 0 Å². The van der Waals surface area contributed by atoms with E-state index in [-0.39, 0.29) is 0 Å². The monoisotopic (exact) mass is 260 g/mol. The van der Waals surface area contributed by atoms with E-state index in [0.717, 1.165) is 10.8 Å². The van der Waals surface area contributed by atoms with Gasteiger partial charge in [-0.15, -0.1) is 0 Å². The summed E-state index contributed by atoms with van der Waals surface area (Å²) in [5.74, 6) is 0. The van der Waals surface area contributed by atoms with Gasteiger partial charge in [0.05, 0.1) is 0 Å². The van der Waals surface area contributed by atoms with Crippen LogP contribution in [0.15, 0.2) is 39.2 Å². The van der Waals surface area contributed by atoms with E-state index in [0.29, 0.717) is 3.44 Å². The Hall–Kier alpha value is -0.580. The van der Waals surface area contributed by atoms with Crippen molar-refractivity contribution in [3.05, 3.63) is 42.7 Å². The molecule has 0 N–H and O–H groups in total. The molecule has 1 aromatic heterocycles. The van der Waals surface area contributed by atoms with Gasteiger partial charge in [-0.1, -0.05) is 0 Å². The van der Waals surface area contributed by atoms with E-state index in [9.17, 15) is 4.79 Å². The molecule has 0 amide bonds. The van der Waals surface area contributed by atoms with Gasteiger partial charge in [0.15, 0.2) is 0 Å². The van der Waals surface area contributed by atoms with Crippen molar-refractivity contribution in [2.75, 3.05) is 0 Å². The molecule has 0 aliphatic rings. The molecule has 2 rings (SSSR count). The Balaban J connectivity index is 3.03. The molecule has 2 aromatic rings. The van der Waals surface area contributed by atoms with Gasteiger partial charge >= 0.3 is 73.9 Å². The van der Waals surface area contributed by atoms with Crippen molar-refractivity contribution < 1.29 is 0 Å². The zero-order valence-electron chi connectivity index (χ0n) is 5.78. The average Bonchev–Trinajstić information content (AvgIpc) is 2.06. The van der Waals surface area contributed by atoms with Crippen LogP contribution in [0.1, 0.15) is 0 Å². The Labute approximate surface area is 73.9 Å². The van der Waals surface area contributed by atoms with E-state index < -0.39 is 20.4 Å². The first-order chi connectivity index (χ1) is 5.38. The van der Waals surface area contributed by atoms with Crippen molar-refractivity contribution in [1.29, 1.82) is 0 Å². The second kappa shape index (κ2) is 2.81. The van der Waals surface area contributed by atoms with E-state index in [2.05, 4.69) is 6.07 Å². The van der Waals surface area contributed by atoms with Crippen LogP contribution in [0.2, 0.25) is 0 Å². The third-order valence-corrected chi connectivity index (χ3v) is 3.62. The summed E-state index contributed by atoms with van der Waals surface area (Å²) in [6, 6.07) is 9.83. The summed E-state index contributed by atoms with van der Waals surface area (Å²) in [7, 11) is 0. The van der Waals surface area contributed by atoms with Crippen LogP contribution in [0.5, 0.6) is 0 Å². The minimum absolute atomic E-state index is 0.355. The molecule has 54 valence electrons. The second-order valence-electron chi connectivity index (χ2n) is 2.30. The standard InChI is InChI=1S/C9H6OTe/c10-9-8-4-2-1-3-7(8)5-6-11-9/h1-6H. The van der Waals surface area contributed by atoms with Crippen molar-refractivity contribution in [2.45, 2.75) is 0 Å². The summed E-state index contributed by atoms with van der Waals surface area (Å²) >= 11 is -0.522. The van der Waals surface area contributed by atoms with Gasteiger partial charge in [-0.2, -0.15) is 0 Å². The Morgan fingerprint density at radius 2 is 1.91 bits per heavy atom. The molecule has 0 bridgehead atoms. The summed E-state index contributed by atoms with van der Waals surface area (Å²) in [6.45, 7) is 0. The van der Waals surface area contributed by atoms with Crippen LogP contribution in [-0.2, 0) is 0 Å². The van der Waals surface area contributed by atoms with Crippen LogP contribution in [0.25, 0.3) is 10.8 Å². The summed E-state index contributed by atoms with van der Waals surface area (Å²) in [5.41, 5.74) is 0. The van der Waals surface area contributed by atoms with E-state index in [4.69, 9.17) is 0 Å². The molecular formula is C9H6OTe. The number of benzene rings is 1. The average molecular weight is 258 g/mol. The predicted molar refractivity (Wildman–Crippen MR) is 47.2 cm³/mol. The maximum absolute atomic E-state index is 11.3. The van der Waals surface area contributed by atoms with Gasteiger partial charge in [-0.25, -0.2) is 0 Å². The summed E-state index contributed by atoms with van der Waals surface area (Å²) in [5, 5.41) is 1.99. The van der Waals surface area contributed by atoms with Gasteiger partial charge < -0.3 is 0 Å². The van der Waals surface area contributed by atoms with Crippen molar-refractivity contribution in [3.8, 4) is 0 Å². The van der Waals surface area contributed by atoms with Crippen molar-refractivity contribution in [2.24, 2.45) is 0 Å². The zero-order chi connectivity index (χ0) is 7.68. The molecule has 0 radical (unpaired) electrons. The molecule has 1 heterocycles. The first-order valence-corrected chi connectivity index (χ1v) is 5.85. The Morgan fingerprint density at radius 1 is 1.09 bits per heavy atom. The fourth-order valence-corrected chi connectivity index (χ4v) is 2.92. The molecule has 1 aromatic carbocycles. The van der Waals surface area contributed by atoms with Gasteiger partial charge in [-0.05, 0) is 0 Å². The number of hydrogen-bond acceptors (Lipinski definition) is 1. The molecule has 2 heteroatoms. The molecule has 0 fully saturated rings. The van der Waals surface area contributed by atoms with Crippen LogP contribution in [0.3, 0.4) is 0 Å². The molecule has 0 aliphatic carbocycles. The summed E-state index contributed by atoms with van der Waals surface area (Å²) < 4.78 is 2.39. The Bertz CT molecular complexity index is 425. The topological polar surface area (TPSA) is 17.1 Å². The van der Waals surface area contributed by atoms with Crippen LogP contribution >= 0.6 is 0 Å². The fourth-order valence-electron chi connectivity index (χ4n) is 1.06. The summed E-state index contributed by atoms with van der Waals surface area (Å²) in [4.78, 5) is 11.3. The van der Waals surface area contributed by atoms with Crippen molar-refractivity contribution >= 4 is 31.2 Å². The van der Waals surface area contributed by atoms with E-state index in [1.807, 2.05) is 28.3 Å². The molecule has 0 saturated heterocycles. The fraction of sp³-hybridized carbons (Fsp3) is 0. The Morgan fingerprint density at radius 3 is 2.73 bits per heavy atom. The number of fused-ring (bicyclic) bond motifs is 1. The minimum atomic E-state index is -0.522. The molecule has 0 unspecified atom stereocenters. The van der Waals surface area contributed by atoms with Crippen LogP contribution < -0.4 is 3.44 Å². The molecule has 0 spiro atoms. The molecule has 1 nitrogen and oxygen atoms in total. The quantitative estimate of drug-likeness (QED) is 0.650. The second-order valence-corrected chi connectivity index (χ2v) is 4.80. The SMILES string of the molecule is O=c1[te]ccc2ccccc12. The van der Waals surface area contributed by atoms with Gasteiger partial charge in [0.2, 0.25) is 0 Å². The third-order valence-electron chi connectivity index (χ3n) is 1.60. The molecule has 0 atom stereocenters. The molecular weight excluding hydrogens is 252 g/mol. The maximum atomic E-state index is 11.3. The molecule has 11 heavy (non-hydrogen) atoms. The van der Waals surface area contributed by atoms with Crippen LogP contribution in [0.4, 0.5) is 0 Å². The van der Waals surface area contributed by atoms with Gasteiger partial charge in [0.25, 0.3) is 0 Å². The number of rotatable bonds is 0. The van der Waals surface area contributed by atoms with Crippen molar-refractivity contribution in [3.63, 3.8) is 0 Å². The summed E-state index contributed by atoms with van der Waals surface area (Å²) in [6.07, 6.45) is 0. The van der Waals surface area contributed by atoms with Crippen molar-refractivity contribution in [1.82, 2.24) is 0 Å². The number of hydrogen-bond donors (Lipinski definition) is 0.